The smallest absolute Gasteiger partial charge is 0.231 e. The summed E-state index contributed by atoms with van der Waals surface area (Å²) in [5, 5.41) is 14.0. The summed E-state index contributed by atoms with van der Waals surface area (Å²) in [6.07, 6.45) is -0.646. The minimum Gasteiger partial charge on any atom is -0.454 e. The summed E-state index contributed by atoms with van der Waals surface area (Å²) in [5.74, 6) is 1.54. The van der Waals surface area contributed by atoms with Crippen LogP contribution in [-0.4, -0.2) is 18.4 Å². The number of ether oxygens (including phenoxy) is 2. The molecule has 0 spiro atoms. The lowest BCUT2D eigenvalue weighted by Gasteiger charge is -2.14. The average Bonchev–Trinajstić information content (AvgIpc) is 2.97. The molecule has 0 bridgehead atoms. The number of nitrogens with one attached hydrogen (secondary N) is 1. The molecule has 0 aromatic heterocycles. The Morgan fingerprint density at radius 3 is 2.86 bits per heavy atom. The van der Waals surface area contributed by atoms with E-state index in [0.717, 1.165) is 22.6 Å². The lowest BCUT2D eigenvalue weighted by Crippen LogP contribution is -2.21. The summed E-state index contributed by atoms with van der Waals surface area (Å²) in [6, 6.07) is 13.1. The van der Waals surface area contributed by atoms with Crippen LogP contribution in [0.5, 0.6) is 11.5 Å². The highest BCUT2D eigenvalue weighted by molar-refractivity contribution is 6.31. The second-order valence-corrected chi connectivity index (χ2v) is 5.23. The highest BCUT2D eigenvalue weighted by Gasteiger charge is 2.17. The molecule has 110 valence electrons. The Hall–Kier alpha value is -1.75. The van der Waals surface area contributed by atoms with Crippen molar-refractivity contribution in [3.05, 3.63) is 58.6 Å². The minimum absolute atomic E-state index is 0.259. The molecule has 1 heterocycles. The van der Waals surface area contributed by atoms with Gasteiger partial charge in [-0.05, 0) is 12.1 Å². The van der Waals surface area contributed by atoms with Gasteiger partial charge in [0.2, 0.25) is 6.79 Å². The molecule has 0 fully saturated rings. The normalized spacial score (nSPS) is 14.2. The third-order valence-electron chi connectivity index (χ3n) is 3.40. The van der Waals surface area contributed by atoms with Gasteiger partial charge in [0, 0.05) is 29.2 Å². The van der Waals surface area contributed by atoms with Crippen LogP contribution in [0, 0.1) is 0 Å². The number of aliphatic hydroxyl groups excluding tert-OH is 1. The molecule has 1 atom stereocenters. The molecule has 21 heavy (non-hydrogen) atoms. The van der Waals surface area contributed by atoms with Crippen molar-refractivity contribution in [2.24, 2.45) is 0 Å². The Bertz CT molecular complexity index is 633. The third kappa shape index (κ3) is 3.13. The van der Waals surface area contributed by atoms with Crippen molar-refractivity contribution in [1.82, 2.24) is 5.32 Å². The standard InChI is InChI=1S/C16H16ClNO3/c17-13-6-2-1-5-12(13)14(19)9-18-8-11-4-3-7-15-16(11)21-10-20-15/h1-7,14,18-19H,8-10H2. The number of para-hydroxylation sites is 1. The Morgan fingerprint density at radius 2 is 2.00 bits per heavy atom. The molecule has 0 radical (unpaired) electrons. The lowest BCUT2D eigenvalue weighted by atomic mass is 10.1. The van der Waals surface area contributed by atoms with Crippen LogP contribution in [0.25, 0.3) is 0 Å². The van der Waals surface area contributed by atoms with Crippen LogP contribution in [0.3, 0.4) is 0 Å². The summed E-state index contributed by atoms with van der Waals surface area (Å²) in [7, 11) is 0. The quantitative estimate of drug-likeness (QED) is 0.892. The van der Waals surface area contributed by atoms with Crippen molar-refractivity contribution in [2.75, 3.05) is 13.3 Å². The second-order valence-electron chi connectivity index (χ2n) is 4.82. The Balaban J connectivity index is 1.60. The van der Waals surface area contributed by atoms with E-state index in [4.69, 9.17) is 21.1 Å². The number of aliphatic hydroxyl groups is 1. The first kappa shape index (κ1) is 14.2. The molecular formula is C16H16ClNO3. The van der Waals surface area contributed by atoms with Gasteiger partial charge < -0.3 is 19.9 Å². The van der Waals surface area contributed by atoms with Crippen molar-refractivity contribution >= 4 is 11.6 Å². The van der Waals surface area contributed by atoms with E-state index in [0.29, 0.717) is 18.1 Å². The van der Waals surface area contributed by atoms with E-state index in [2.05, 4.69) is 5.32 Å². The average molecular weight is 306 g/mol. The van der Waals surface area contributed by atoms with Crippen molar-refractivity contribution in [3.8, 4) is 11.5 Å². The monoisotopic (exact) mass is 305 g/mol. The predicted molar refractivity (Wildman–Crippen MR) is 80.7 cm³/mol. The van der Waals surface area contributed by atoms with Crippen molar-refractivity contribution in [3.63, 3.8) is 0 Å². The number of hydrogen-bond acceptors (Lipinski definition) is 4. The van der Waals surface area contributed by atoms with Gasteiger partial charge in [0.05, 0.1) is 6.10 Å². The topological polar surface area (TPSA) is 50.7 Å². The fourth-order valence-corrected chi connectivity index (χ4v) is 2.59. The van der Waals surface area contributed by atoms with Crippen molar-refractivity contribution < 1.29 is 14.6 Å². The van der Waals surface area contributed by atoms with Crippen LogP contribution >= 0.6 is 11.6 Å². The van der Waals surface area contributed by atoms with Gasteiger partial charge in [-0.15, -0.1) is 0 Å². The lowest BCUT2D eigenvalue weighted by molar-refractivity contribution is 0.170. The molecule has 1 aliphatic heterocycles. The molecule has 1 unspecified atom stereocenters. The fourth-order valence-electron chi connectivity index (χ4n) is 2.33. The van der Waals surface area contributed by atoms with Crippen LogP contribution in [0.15, 0.2) is 42.5 Å². The van der Waals surface area contributed by atoms with Gasteiger partial charge in [0.1, 0.15) is 0 Å². The minimum atomic E-state index is -0.646. The van der Waals surface area contributed by atoms with Gasteiger partial charge >= 0.3 is 0 Å². The highest BCUT2D eigenvalue weighted by atomic mass is 35.5. The highest BCUT2D eigenvalue weighted by Crippen LogP contribution is 2.35. The first-order valence-corrected chi connectivity index (χ1v) is 7.14. The van der Waals surface area contributed by atoms with Gasteiger partial charge in [0.15, 0.2) is 11.5 Å². The summed E-state index contributed by atoms with van der Waals surface area (Å²) < 4.78 is 10.8. The van der Waals surface area contributed by atoms with E-state index < -0.39 is 6.10 Å². The van der Waals surface area contributed by atoms with E-state index in [1.54, 1.807) is 6.07 Å². The number of hydrogen-bond donors (Lipinski definition) is 2. The Morgan fingerprint density at radius 1 is 1.14 bits per heavy atom. The van der Waals surface area contributed by atoms with Crippen LogP contribution < -0.4 is 14.8 Å². The molecule has 1 aliphatic rings. The fraction of sp³-hybridized carbons (Fsp3) is 0.250. The van der Waals surface area contributed by atoms with Crippen LogP contribution in [0.1, 0.15) is 17.2 Å². The molecule has 2 aromatic rings. The van der Waals surface area contributed by atoms with Crippen LogP contribution in [0.4, 0.5) is 0 Å². The molecule has 0 saturated heterocycles. The Kier molecular flexibility index (Phi) is 4.29. The molecule has 2 aromatic carbocycles. The van der Waals surface area contributed by atoms with E-state index in [-0.39, 0.29) is 6.79 Å². The van der Waals surface area contributed by atoms with Crippen molar-refractivity contribution in [2.45, 2.75) is 12.6 Å². The maximum absolute atomic E-state index is 10.2. The maximum Gasteiger partial charge on any atom is 0.231 e. The van der Waals surface area contributed by atoms with Gasteiger partial charge in [-0.2, -0.15) is 0 Å². The first-order chi connectivity index (χ1) is 10.3. The summed E-state index contributed by atoms with van der Waals surface area (Å²) in [5.41, 5.74) is 1.74. The van der Waals surface area contributed by atoms with Gasteiger partial charge in [-0.25, -0.2) is 0 Å². The second kappa shape index (κ2) is 6.35. The van der Waals surface area contributed by atoms with Crippen LogP contribution in [0.2, 0.25) is 5.02 Å². The molecule has 0 aliphatic carbocycles. The zero-order valence-corrected chi connectivity index (χ0v) is 12.1. The Labute approximate surface area is 128 Å². The van der Waals surface area contributed by atoms with Gasteiger partial charge in [-0.3, -0.25) is 0 Å². The number of halogens is 1. The van der Waals surface area contributed by atoms with Gasteiger partial charge in [0.25, 0.3) is 0 Å². The summed E-state index contributed by atoms with van der Waals surface area (Å²) in [6.45, 7) is 1.26. The largest absolute Gasteiger partial charge is 0.454 e. The number of benzene rings is 2. The predicted octanol–water partition coefficient (Wildman–Crippen LogP) is 2.89. The van der Waals surface area contributed by atoms with Crippen molar-refractivity contribution in [1.29, 1.82) is 0 Å². The molecule has 4 nitrogen and oxygen atoms in total. The molecular weight excluding hydrogens is 290 g/mol. The zero-order chi connectivity index (χ0) is 14.7. The summed E-state index contributed by atoms with van der Waals surface area (Å²) >= 11 is 6.07. The van der Waals surface area contributed by atoms with Crippen LogP contribution in [-0.2, 0) is 6.54 Å². The molecule has 2 N–H and O–H groups in total. The molecule has 0 saturated carbocycles. The number of fused-ring (bicyclic) bond motifs is 1. The van der Waals surface area contributed by atoms with E-state index in [9.17, 15) is 5.11 Å². The number of rotatable bonds is 5. The maximum atomic E-state index is 10.2. The van der Waals surface area contributed by atoms with E-state index >= 15 is 0 Å². The van der Waals surface area contributed by atoms with Gasteiger partial charge in [-0.1, -0.05) is 41.9 Å². The zero-order valence-electron chi connectivity index (χ0n) is 11.4. The molecule has 0 amide bonds. The SMILES string of the molecule is OC(CNCc1cccc2c1OCO2)c1ccccc1Cl. The van der Waals surface area contributed by atoms with E-state index in [1.807, 2.05) is 36.4 Å². The third-order valence-corrected chi connectivity index (χ3v) is 3.74. The molecule has 5 heteroatoms. The van der Waals surface area contributed by atoms with E-state index in [1.165, 1.54) is 0 Å². The first-order valence-electron chi connectivity index (χ1n) is 6.76. The molecule has 3 rings (SSSR count). The summed E-state index contributed by atoms with van der Waals surface area (Å²) in [4.78, 5) is 0.